The minimum absolute atomic E-state index is 0.0164. The second kappa shape index (κ2) is 12.3. The lowest BCUT2D eigenvalue weighted by Gasteiger charge is -2.21. The number of aliphatic carboxylic acids is 1. The first-order valence-electron chi connectivity index (χ1n) is 11.6. The van der Waals surface area contributed by atoms with Gasteiger partial charge in [-0.15, -0.1) is 0 Å². The molecule has 2 aromatic carbocycles. The molecular formula is C25H31ClN2O5S. The Morgan fingerprint density at radius 2 is 1.56 bits per heavy atom. The monoisotopic (exact) mass is 506 g/mol. The van der Waals surface area contributed by atoms with Gasteiger partial charge in [-0.1, -0.05) is 55.1 Å². The maximum absolute atomic E-state index is 12.7. The highest BCUT2D eigenvalue weighted by atomic mass is 35.5. The maximum Gasteiger partial charge on any atom is 0.321 e. The van der Waals surface area contributed by atoms with Gasteiger partial charge < -0.3 is 10.4 Å². The van der Waals surface area contributed by atoms with Crippen molar-refractivity contribution >= 4 is 33.5 Å². The second-order valence-corrected chi connectivity index (χ2v) is 10.9. The van der Waals surface area contributed by atoms with Crippen LogP contribution in [0.5, 0.6) is 0 Å². The lowest BCUT2D eigenvalue weighted by molar-refractivity contribution is -0.139. The molecule has 9 heteroatoms. The minimum Gasteiger partial charge on any atom is -0.480 e. The predicted molar refractivity (Wildman–Crippen MR) is 132 cm³/mol. The molecular weight excluding hydrogens is 476 g/mol. The van der Waals surface area contributed by atoms with Crippen molar-refractivity contribution < 1.29 is 23.1 Å². The van der Waals surface area contributed by atoms with Gasteiger partial charge in [-0.2, -0.15) is 4.72 Å². The van der Waals surface area contributed by atoms with Crippen LogP contribution in [0.1, 0.15) is 51.4 Å². The van der Waals surface area contributed by atoms with Crippen molar-refractivity contribution in [1.29, 1.82) is 0 Å². The van der Waals surface area contributed by atoms with E-state index in [-0.39, 0.29) is 17.2 Å². The van der Waals surface area contributed by atoms with E-state index in [1.165, 1.54) is 31.4 Å². The van der Waals surface area contributed by atoms with Crippen LogP contribution < -0.4 is 10.0 Å². The largest absolute Gasteiger partial charge is 0.480 e. The fourth-order valence-corrected chi connectivity index (χ4v) is 5.57. The van der Waals surface area contributed by atoms with Crippen LogP contribution >= 0.6 is 11.6 Å². The van der Waals surface area contributed by atoms with Crippen LogP contribution in [0.4, 0.5) is 0 Å². The molecule has 1 saturated carbocycles. The number of sulfonamides is 1. The lowest BCUT2D eigenvalue weighted by Crippen LogP contribution is -2.41. The summed E-state index contributed by atoms with van der Waals surface area (Å²) < 4.78 is 27.8. The van der Waals surface area contributed by atoms with Crippen LogP contribution in [0.3, 0.4) is 0 Å². The number of benzene rings is 2. The topological polar surface area (TPSA) is 113 Å². The Labute approximate surface area is 206 Å². The highest BCUT2D eigenvalue weighted by molar-refractivity contribution is 7.89. The van der Waals surface area contributed by atoms with E-state index in [1.807, 2.05) is 12.1 Å². The van der Waals surface area contributed by atoms with E-state index in [4.69, 9.17) is 11.6 Å². The zero-order valence-corrected chi connectivity index (χ0v) is 20.6. The summed E-state index contributed by atoms with van der Waals surface area (Å²) in [6, 6.07) is 12.1. The Bertz CT molecular complexity index is 1070. The molecule has 0 aliphatic heterocycles. The first kappa shape index (κ1) is 26.2. The fourth-order valence-electron chi connectivity index (χ4n) is 4.22. The van der Waals surface area contributed by atoms with Gasteiger partial charge in [-0.3, -0.25) is 9.59 Å². The number of halogens is 1. The van der Waals surface area contributed by atoms with Crippen molar-refractivity contribution in [2.75, 3.05) is 6.54 Å². The number of carboxylic acid groups (broad SMARTS) is 1. The third kappa shape index (κ3) is 7.82. The van der Waals surface area contributed by atoms with E-state index in [9.17, 15) is 23.1 Å². The molecule has 3 rings (SSSR count). The summed E-state index contributed by atoms with van der Waals surface area (Å²) in [5.41, 5.74) is 1.70. The Morgan fingerprint density at radius 1 is 0.971 bits per heavy atom. The van der Waals surface area contributed by atoms with Gasteiger partial charge in [-0.25, -0.2) is 8.42 Å². The molecule has 2 aromatic rings. The molecule has 0 saturated heterocycles. The lowest BCUT2D eigenvalue weighted by atomic mass is 9.87. The van der Waals surface area contributed by atoms with Crippen molar-refractivity contribution in [1.82, 2.24) is 10.0 Å². The Hall–Kier alpha value is -2.42. The van der Waals surface area contributed by atoms with Gasteiger partial charge in [0.1, 0.15) is 6.04 Å². The molecule has 0 unspecified atom stereocenters. The summed E-state index contributed by atoms with van der Waals surface area (Å²) in [5, 5.41) is 12.9. The summed E-state index contributed by atoms with van der Waals surface area (Å²) in [4.78, 5) is 23.7. The minimum atomic E-state index is -4.02. The van der Waals surface area contributed by atoms with Crippen LogP contribution in [0.15, 0.2) is 53.4 Å². The Morgan fingerprint density at radius 3 is 2.15 bits per heavy atom. The molecule has 1 amide bonds. The first-order valence-corrected chi connectivity index (χ1v) is 13.5. The van der Waals surface area contributed by atoms with E-state index < -0.39 is 22.0 Å². The average molecular weight is 507 g/mol. The molecule has 0 bridgehead atoms. The summed E-state index contributed by atoms with van der Waals surface area (Å²) in [7, 11) is -4.02. The number of hydrogen-bond acceptors (Lipinski definition) is 4. The first-order chi connectivity index (χ1) is 16.2. The van der Waals surface area contributed by atoms with Gasteiger partial charge in [0.2, 0.25) is 15.9 Å². The third-order valence-corrected chi connectivity index (χ3v) is 7.87. The van der Waals surface area contributed by atoms with E-state index in [2.05, 4.69) is 10.0 Å². The molecule has 1 aliphatic rings. The number of hydrogen-bond donors (Lipinski definition) is 3. The molecule has 1 atom stereocenters. The van der Waals surface area contributed by atoms with Gasteiger partial charge in [0.25, 0.3) is 0 Å². The van der Waals surface area contributed by atoms with Crippen LogP contribution in [-0.2, 0) is 19.6 Å². The average Bonchev–Trinajstić information content (AvgIpc) is 2.82. The number of rotatable bonds is 11. The molecule has 34 heavy (non-hydrogen) atoms. The second-order valence-electron chi connectivity index (χ2n) is 8.74. The van der Waals surface area contributed by atoms with Crippen molar-refractivity contribution in [3.05, 3.63) is 53.6 Å². The van der Waals surface area contributed by atoms with Crippen LogP contribution in [0.25, 0.3) is 11.1 Å². The Kier molecular flexibility index (Phi) is 9.50. The smallest absolute Gasteiger partial charge is 0.321 e. The SMILES string of the molecule is O=C(CC1CCCCC1)NCCC[C@H](NS(=O)(=O)c1ccc(-c2ccc(Cl)cc2)cc1)C(=O)O. The van der Waals surface area contributed by atoms with Gasteiger partial charge in [0, 0.05) is 18.0 Å². The molecule has 0 radical (unpaired) electrons. The van der Waals surface area contributed by atoms with Crippen molar-refractivity contribution in [2.24, 2.45) is 5.92 Å². The van der Waals surface area contributed by atoms with E-state index in [0.29, 0.717) is 30.3 Å². The number of carboxylic acids is 1. The van der Waals surface area contributed by atoms with Crippen LogP contribution in [-0.4, -0.2) is 38.0 Å². The quantitative estimate of drug-likeness (QED) is 0.385. The molecule has 1 aliphatic carbocycles. The molecule has 0 spiro atoms. The molecule has 0 heterocycles. The van der Waals surface area contributed by atoms with E-state index in [0.717, 1.165) is 24.0 Å². The molecule has 0 aromatic heterocycles. The van der Waals surface area contributed by atoms with E-state index >= 15 is 0 Å². The van der Waals surface area contributed by atoms with Gasteiger partial charge >= 0.3 is 5.97 Å². The molecule has 184 valence electrons. The van der Waals surface area contributed by atoms with Gasteiger partial charge in [0.05, 0.1) is 4.90 Å². The fraction of sp³-hybridized carbons (Fsp3) is 0.440. The highest BCUT2D eigenvalue weighted by Crippen LogP contribution is 2.26. The summed E-state index contributed by atoms with van der Waals surface area (Å²) in [6.45, 7) is 0.312. The Balaban J connectivity index is 1.51. The van der Waals surface area contributed by atoms with Crippen molar-refractivity contribution in [3.63, 3.8) is 0 Å². The number of carbonyl (C=O) groups excluding carboxylic acids is 1. The summed E-state index contributed by atoms with van der Waals surface area (Å²) in [5.74, 6) is -0.853. The standard InChI is InChI=1S/C25H31ClN2O5S/c26-21-12-8-19(9-13-21)20-10-14-22(15-11-20)34(32,33)28-23(25(30)31)7-4-16-27-24(29)17-18-5-2-1-3-6-18/h8-15,18,23,28H,1-7,16-17H2,(H,27,29)(H,30,31)/t23-/m0/s1. The van der Waals surface area contributed by atoms with Gasteiger partial charge in [-0.05, 0) is 67.0 Å². The number of carbonyl (C=O) groups is 2. The summed E-state index contributed by atoms with van der Waals surface area (Å²) in [6.07, 6.45) is 6.66. The highest BCUT2D eigenvalue weighted by Gasteiger charge is 2.25. The number of amides is 1. The zero-order valence-electron chi connectivity index (χ0n) is 19.0. The zero-order chi connectivity index (χ0) is 24.6. The van der Waals surface area contributed by atoms with Crippen LogP contribution in [0, 0.1) is 5.92 Å². The van der Waals surface area contributed by atoms with Crippen LogP contribution in [0.2, 0.25) is 5.02 Å². The predicted octanol–water partition coefficient (Wildman–Crippen LogP) is 4.61. The maximum atomic E-state index is 12.7. The van der Waals surface area contributed by atoms with Crippen molar-refractivity contribution in [3.8, 4) is 11.1 Å². The molecule has 1 fully saturated rings. The number of nitrogens with one attached hydrogen (secondary N) is 2. The van der Waals surface area contributed by atoms with Gasteiger partial charge in [0.15, 0.2) is 0 Å². The summed E-state index contributed by atoms with van der Waals surface area (Å²) >= 11 is 5.90. The molecule has 3 N–H and O–H groups in total. The normalized spacial score (nSPS) is 15.6. The van der Waals surface area contributed by atoms with E-state index in [1.54, 1.807) is 24.3 Å². The van der Waals surface area contributed by atoms with Crippen molar-refractivity contribution in [2.45, 2.75) is 62.3 Å². The third-order valence-electron chi connectivity index (χ3n) is 6.13. The molecule has 7 nitrogen and oxygen atoms in total.